The molecule has 1 heterocycles. The second-order valence-electron chi connectivity index (χ2n) is 12.5. The summed E-state index contributed by atoms with van der Waals surface area (Å²) in [4.78, 5) is 69.7. The standard InChI is InChI=1S/C40H26BrClN2O6/c41-25-15-9-24(10-16-25)40(49)50-27-19-13-22(14-20-27)32(45)21-43(37(46)23-11-17-26(42)18-12-23)44-38(47)35-33-28-5-1-2-6-29(28)34(36(35)39(44)48)31-8-4-3-7-30(31)33/h1-20,33-36H,21H2/t33?,34?,35-,36-/m0/s1. The number of esters is 1. The molecular weight excluding hydrogens is 720 g/mol. The van der Waals surface area contributed by atoms with Crippen molar-refractivity contribution in [2.24, 2.45) is 11.8 Å². The number of hydrazine groups is 1. The third-order valence-corrected chi connectivity index (χ3v) is 10.5. The molecule has 0 saturated carbocycles. The lowest BCUT2D eigenvalue weighted by Gasteiger charge is -2.45. The molecule has 1 aliphatic heterocycles. The van der Waals surface area contributed by atoms with Crippen LogP contribution in [-0.4, -0.2) is 46.0 Å². The van der Waals surface area contributed by atoms with Gasteiger partial charge in [-0.2, -0.15) is 5.01 Å². The molecule has 2 atom stereocenters. The van der Waals surface area contributed by atoms with Crippen LogP contribution in [0.25, 0.3) is 0 Å². The predicted molar refractivity (Wildman–Crippen MR) is 188 cm³/mol. The fraction of sp³-hybridized carbons (Fsp3) is 0.125. The van der Waals surface area contributed by atoms with Crippen molar-refractivity contribution in [1.82, 2.24) is 10.0 Å². The Labute approximate surface area is 300 Å². The molecule has 0 N–H and O–H groups in total. The van der Waals surface area contributed by atoms with Crippen molar-refractivity contribution < 1.29 is 28.7 Å². The van der Waals surface area contributed by atoms with E-state index in [9.17, 15) is 24.0 Å². The summed E-state index contributed by atoms with van der Waals surface area (Å²) in [7, 11) is 0. The van der Waals surface area contributed by atoms with Crippen LogP contribution >= 0.6 is 27.5 Å². The van der Waals surface area contributed by atoms with E-state index in [4.69, 9.17) is 16.3 Å². The van der Waals surface area contributed by atoms with Gasteiger partial charge in [0.2, 0.25) is 0 Å². The van der Waals surface area contributed by atoms with Crippen LogP contribution in [-0.2, 0) is 9.59 Å². The monoisotopic (exact) mass is 744 g/mol. The molecule has 8 nitrogen and oxygen atoms in total. The topological polar surface area (TPSA) is 101 Å². The molecule has 1 saturated heterocycles. The van der Waals surface area contributed by atoms with Gasteiger partial charge in [-0.15, -0.1) is 0 Å². The van der Waals surface area contributed by atoms with E-state index in [1.54, 1.807) is 24.3 Å². The highest BCUT2D eigenvalue weighted by molar-refractivity contribution is 9.10. The minimum atomic E-state index is -0.743. The average molecular weight is 746 g/mol. The summed E-state index contributed by atoms with van der Waals surface area (Å²) >= 11 is 9.43. The Hall–Kier alpha value is -5.38. The van der Waals surface area contributed by atoms with Gasteiger partial charge >= 0.3 is 5.97 Å². The van der Waals surface area contributed by atoms with E-state index >= 15 is 0 Å². The molecule has 3 amide bonds. The summed E-state index contributed by atoms with van der Waals surface area (Å²) in [6, 6.07) is 34.3. The van der Waals surface area contributed by atoms with Gasteiger partial charge in [-0.3, -0.25) is 19.2 Å². The van der Waals surface area contributed by atoms with E-state index in [1.165, 1.54) is 48.5 Å². The Morgan fingerprint density at radius 2 is 1.10 bits per heavy atom. The minimum absolute atomic E-state index is 0.155. The molecule has 246 valence electrons. The Morgan fingerprint density at radius 1 is 0.640 bits per heavy atom. The van der Waals surface area contributed by atoms with E-state index in [1.807, 2.05) is 48.5 Å². The van der Waals surface area contributed by atoms with Crippen molar-refractivity contribution in [1.29, 1.82) is 0 Å². The van der Waals surface area contributed by atoms with Crippen LogP contribution in [0.15, 0.2) is 126 Å². The fourth-order valence-electron chi connectivity index (χ4n) is 7.56. The van der Waals surface area contributed by atoms with E-state index in [0.717, 1.165) is 36.7 Å². The van der Waals surface area contributed by atoms with Crippen LogP contribution in [0.2, 0.25) is 5.02 Å². The van der Waals surface area contributed by atoms with Crippen LogP contribution in [0, 0.1) is 11.8 Å². The van der Waals surface area contributed by atoms with E-state index in [2.05, 4.69) is 15.9 Å². The molecule has 2 bridgehead atoms. The van der Waals surface area contributed by atoms with Crippen molar-refractivity contribution >= 4 is 57.0 Å². The lowest BCUT2D eigenvalue weighted by Crippen LogP contribution is -2.52. The van der Waals surface area contributed by atoms with Crippen molar-refractivity contribution in [2.45, 2.75) is 11.8 Å². The first-order valence-electron chi connectivity index (χ1n) is 15.9. The summed E-state index contributed by atoms with van der Waals surface area (Å²) in [5.74, 6) is -4.87. The van der Waals surface area contributed by atoms with Crippen molar-refractivity contribution in [3.05, 3.63) is 170 Å². The van der Waals surface area contributed by atoms with Crippen LogP contribution < -0.4 is 4.74 Å². The van der Waals surface area contributed by atoms with Gasteiger partial charge in [-0.25, -0.2) is 9.80 Å². The zero-order valence-corrected chi connectivity index (χ0v) is 28.5. The second kappa shape index (κ2) is 12.5. The third-order valence-electron chi connectivity index (χ3n) is 9.75. The second-order valence-corrected chi connectivity index (χ2v) is 13.8. The summed E-state index contributed by atoms with van der Waals surface area (Å²) < 4.78 is 6.29. The first-order valence-corrected chi connectivity index (χ1v) is 17.1. The molecule has 0 unspecified atom stereocenters. The summed E-state index contributed by atoms with van der Waals surface area (Å²) in [5, 5.41) is 2.26. The molecule has 0 radical (unpaired) electrons. The first-order chi connectivity index (χ1) is 24.2. The Bertz CT molecular complexity index is 2110. The Balaban J connectivity index is 1.11. The highest BCUT2D eigenvalue weighted by atomic mass is 79.9. The van der Waals surface area contributed by atoms with Gasteiger partial charge in [-0.1, -0.05) is 76.1 Å². The van der Waals surface area contributed by atoms with Crippen molar-refractivity contribution in [3.63, 3.8) is 0 Å². The number of rotatable bonds is 7. The number of nitrogens with zero attached hydrogens (tertiary/aromatic N) is 2. The van der Waals surface area contributed by atoms with Gasteiger partial charge in [0.05, 0.1) is 17.4 Å². The summed E-state index contributed by atoms with van der Waals surface area (Å²) in [6.07, 6.45) is 0. The SMILES string of the molecule is O=C(CN(C(=O)c1ccc(Cl)cc1)N1C(=O)[C@H]2C3c4ccccc4C(c4ccccc43)[C@@H]2C1=O)c1ccc(OC(=O)c2ccc(Br)cc2)cc1. The Morgan fingerprint density at radius 3 is 1.60 bits per heavy atom. The van der Waals surface area contributed by atoms with Gasteiger partial charge < -0.3 is 4.74 Å². The van der Waals surface area contributed by atoms with E-state index in [0.29, 0.717) is 10.6 Å². The minimum Gasteiger partial charge on any atom is -0.423 e. The van der Waals surface area contributed by atoms with Crippen LogP contribution in [0.1, 0.15) is 65.2 Å². The number of Topliss-reactive ketones (excluding diaryl/α,β-unsaturated/α-hetero) is 1. The molecular formula is C40H26BrClN2O6. The quantitative estimate of drug-likeness (QED) is 0.0743. The van der Waals surface area contributed by atoms with E-state index < -0.39 is 47.9 Å². The molecule has 0 spiro atoms. The lowest BCUT2D eigenvalue weighted by molar-refractivity contribution is -0.154. The normalized spacial score (nSPS) is 19.8. The van der Waals surface area contributed by atoms with Crippen LogP contribution in [0.5, 0.6) is 5.75 Å². The Kier molecular flexibility index (Phi) is 7.96. The molecule has 5 aromatic rings. The van der Waals surface area contributed by atoms with Crippen LogP contribution in [0.3, 0.4) is 0 Å². The molecule has 50 heavy (non-hydrogen) atoms. The predicted octanol–water partition coefficient (Wildman–Crippen LogP) is 7.45. The van der Waals surface area contributed by atoms with Gasteiger partial charge in [0.1, 0.15) is 12.3 Å². The lowest BCUT2D eigenvalue weighted by atomic mass is 9.55. The van der Waals surface area contributed by atoms with Gasteiger partial charge in [0.25, 0.3) is 17.7 Å². The summed E-state index contributed by atoms with van der Waals surface area (Å²) in [6.45, 7) is -0.592. The van der Waals surface area contributed by atoms with Gasteiger partial charge in [0.15, 0.2) is 5.78 Å². The average Bonchev–Trinajstić information content (AvgIpc) is 3.40. The van der Waals surface area contributed by atoms with Gasteiger partial charge in [-0.05, 0) is 95.1 Å². The van der Waals surface area contributed by atoms with Gasteiger partial charge in [0, 0.05) is 32.5 Å². The van der Waals surface area contributed by atoms with Crippen LogP contribution in [0.4, 0.5) is 0 Å². The number of halogens is 2. The zero-order valence-electron chi connectivity index (χ0n) is 26.2. The number of imide groups is 1. The molecule has 5 aromatic carbocycles. The number of ether oxygens (including phenoxy) is 1. The third kappa shape index (κ3) is 5.25. The largest absolute Gasteiger partial charge is 0.423 e. The number of hydrogen-bond donors (Lipinski definition) is 0. The fourth-order valence-corrected chi connectivity index (χ4v) is 7.95. The first kappa shape index (κ1) is 31.9. The smallest absolute Gasteiger partial charge is 0.343 e. The maximum atomic E-state index is 14.5. The molecule has 9 rings (SSSR count). The number of ketones is 1. The molecule has 10 heteroatoms. The molecule has 4 aliphatic rings. The molecule has 3 aliphatic carbocycles. The number of carbonyl (C=O) groups excluding carboxylic acids is 5. The van der Waals surface area contributed by atoms with Crippen molar-refractivity contribution in [2.75, 3.05) is 6.54 Å². The number of amides is 3. The maximum absolute atomic E-state index is 14.5. The highest BCUT2D eigenvalue weighted by Gasteiger charge is 2.63. The van der Waals surface area contributed by atoms with E-state index in [-0.39, 0.29) is 28.7 Å². The molecule has 0 aromatic heterocycles. The highest BCUT2D eigenvalue weighted by Crippen LogP contribution is 2.61. The zero-order chi connectivity index (χ0) is 34.7. The maximum Gasteiger partial charge on any atom is 0.343 e. The number of benzene rings is 5. The molecule has 1 fully saturated rings. The van der Waals surface area contributed by atoms with Crippen molar-refractivity contribution in [3.8, 4) is 5.75 Å². The summed E-state index contributed by atoms with van der Waals surface area (Å²) in [5.41, 5.74) is 4.67. The number of carbonyl (C=O) groups is 5. The number of hydrogen-bond acceptors (Lipinski definition) is 6.